The molecule has 1 N–H and O–H groups in total. The van der Waals surface area contributed by atoms with Crippen molar-refractivity contribution in [2.75, 3.05) is 36.5 Å². The van der Waals surface area contributed by atoms with Gasteiger partial charge < -0.3 is 15.0 Å². The van der Waals surface area contributed by atoms with Gasteiger partial charge in [-0.2, -0.15) is 0 Å². The summed E-state index contributed by atoms with van der Waals surface area (Å²) in [5.41, 5.74) is 3.05. The van der Waals surface area contributed by atoms with Crippen molar-refractivity contribution in [1.82, 2.24) is 15.2 Å². The van der Waals surface area contributed by atoms with E-state index in [9.17, 15) is 4.79 Å². The molecule has 1 aliphatic rings. The molecule has 126 valence electrons. The number of hydrogen-bond acceptors (Lipinski definition) is 6. The first-order valence-corrected chi connectivity index (χ1v) is 8.13. The molecule has 25 heavy (non-hydrogen) atoms. The smallest absolute Gasteiger partial charge is 0.295 e. The second-order valence-corrected chi connectivity index (χ2v) is 5.73. The van der Waals surface area contributed by atoms with Crippen molar-refractivity contribution in [3.8, 4) is 0 Å². The minimum absolute atomic E-state index is 0.0514. The average Bonchev–Trinajstić information content (AvgIpc) is 2.68. The second kappa shape index (κ2) is 6.82. The zero-order valence-electron chi connectivity index (χ0n) is 13.6. The topological polar surface area (TPSA) is 80.2 Å². The number of carbonyl (C=O) groups is 1. The highest BCUT2D eigenvalue weighted by Gasteiger charge is 2.15. The van der Waals surface area contributed by atoms with Crippen LogP contribution >= 0.6 is 0 Å². The lowest BCUT2D eigenvalue weighted by Crippen LogP contribution is -2.36. The highest BCUT2D eigenvalue weighted by atomic mass is 16.5. The Hall–Kier alpha value is -3.06. The molecule has 2 aromatic carbocycles. The van der Waals surface area contributed by atoms with Gasteiger partial charge in [-0.25, -0.2) is 4.98 Å². The summed E-state index contributed by atoms with van der Waals surface area (Å²) in [5, 5.41) is 10.8. The molecule has 3 aromatic rings. The third kappa shape index (κ3) is 3.41. The van der Waals surface area contributed by atoms with Crippen molar-refractivity contribution in [2.45, 2.75) is 0 Å². The first-order chi connectivity index (χ1) is 12.3. The molecule has 0 aliphatic carbocycles. The molecule has 1 amide bonds. The molecular weight excluding hydrogens is 318 g/mol. The standard InChI is InChI=1S/C18H17N5O2/c24-18(19-13-4-2-1-3-5-13)17-20-16-12-14(6-7-15(16)21-22-17)23-8-10-25-11-9-23/h1-7,12H,8-11H2,(H,19,24). The monoisotopic (exact) mass is 335 g/mol. The molecule has 7 heteroatoms. The summed E-state index contributed by atoms with van der Waals surface area (Å²) in [4.78, 5) is 19.0. The predicted molar refractivity (Wildman–Crippen MR) is 94.8 cm³/mol. The molecule has 0 unspecified atom stereocenters. The largest absolute Gasteiger partial charge is 0.378 e. The van der Waals surface area contributed by atoms with E-state index in [1.807, 2.05) is 48.5 Å². The van der Waals surface area contributed by atoms with E-state index in [4.69, 9.17) is 4.74 Å². The number of anilines is 2. The zero-order chi connectivity index (χ0) is 17.1. The number of fused-ring (bicyclic) bond motifs is 1. The van der Waals surface area contributed by atoms with Crippen LogP contribution in [0.5, 0.6) is 0 Å². The fourth-order valence-electron chi connectivity index (χ4n) is 2.75. The van der Waals surface area contributed by atoms with Gasteiger partial charge in [0.25, 0.3) is 5.91 Å². The summed E-state index contributed by atoms with van der Waals surface area (Å²) >= 11 is 0. The van der Waals surface area contributed by atoms with Gasteiger partial charge >= 0.3 is 0 Å². The molecule has 0 atom stereocenters. The molecule has 1 saturated heterocycles. The third-order valence-corrected chi connectivity index (χ3v) is 4.05. The quantitative estimate of drug-likeness (QED) is 0.790. The number of hydrogen-bond donors (Lipinski definition) is 1. The van der Waals surface area contributed by atoms with Gasteiger partial charge in [0.15, 0.2) is 0 Å². The Bertz CT molecular complexity index is 894. The average molecular weight is 335 g/mol. The van der Waals surface area contributed by atoms with E-state index < -0.39 is 0 Å². The van der Waals surface area contributed by atoms with E-state index in [2.05, 4.69) is 25.4 Å². The van der Waals surface area contributed by atoms with Crippen LogP contribution in [0.1, 0.15) is 10.6 Å². The van der Waals surface area contributed by atoms with E-state index in [0.717, 1.165) is 18.8 Å². The highest BCUT2D eigenvalue weighted by molar-refractivity contribution is 6.02. The van der Waals surface area contributed by atoms with E-state index in [0.29, 0.717) is 29.9 Å². The maximum absolute atomic E-state index is 12.3. The van der Waals surface area contributed by atoms with Crippen LogP contribution in [0.15, 0.2) is 48.5 Å². The molecule has 1 aliphatic heterocycles. The summed E-state index contributed by atoms with van der Waals surface area (Å²) in [7, 11) is 0. The maximum Gasteiger partial charge on any atom is 0.295 e. The molecule has 0 spiro atoms. The van der Waals surface area contributed by atoms with Gasteiger partial charge in [-0.15, -0.1) is 10.2 Å². The minimum Gasteiger partial charge on any atom is -0.378 e. The van der Waals surface area contributed by atoms with Crippen LogP contribution in [0.25, 0.3) is 11.0 Å². The van der Waals surface area contributed by atoms with Crippen molar-refractivity contribution in [2.24, 2.45) is 0 Å². The number of carbonyl (C=O) groups excluding carboxylic acids is 1. The van der Waals surface area contributed by atoms with Crippen LogP contribution in [0.2, 0.25) is 0 Å². The molecule has 7 nitrogen and oxygen atoms in total. The highest BCUT2D eigenvalue weighted by Crippen LogP contribution is 2.20. The Balaban J connectivity index is 1.60. The molecule has 0 bridgehead atoms. The second-order valence-electron chi connectivity index (χ2n) is 5.73. The van der Waals surface area contributed by atoms with Gasteiger partial charge in [0.1, 0.15) is 5.52 Å². The Kier molecular flexibility index (Phi) is 4.22. The van der Waals surface area contributed by atoms with E-state index >= 15 is 0 Å². The first-order valence-electron chi connectivity index (χ1n) is 8.13. The van der Waals surface area contributed by atoms with Crippen molar-refractivity contribution in [1.29, 1.82) is 0 Å². The lowest BCUT2D eigenvalue weighted by Gasteiger charge is -2.28. The zero-order valence-corrected chi connectivity index (χ0v) is 13.6. The summed E-state index contributed by atoms with van der Waals surface area (Å²) < 4.78 is 5.38. The number of ether oxygens (including phenoxy) is 1. The number of amides is 1. The first kappa shape index (κ1) is 15.5. The fourth-order valence-corrected chi connectivity index (χ4v) is 2.75. The number of rotatable bonds is 3. The fraction of sp³-hybridized carbons (Fsp3) is 0.222. The van der Waals surface area contributed by atoms with E-state index in [-0.39, 0.29) is 11.7 Å². The minimum atomic E-state index is -0.377. The van der Waals surface area contributed by atoms with Crippen LogP contribution in [-0.4, -0.2) is 47.4 Å². The maximum atomic E-state index is 12.3. The summed E-state index contributed by atoms with van der Waals surface area (Å²) in [6, 6.07) is 15.0. The van der Waals surface area contributed by atoms with Gasteiger partial charge in [-0.3, -0.25) is 4.79 Å². The number of para-hydroxylation sites is 1. The van der Waals surface area contributed by atoms with Crippen molar-refractivity contribution in [3.63, 3.8) is 0 Å². The lowest BCUT2D eigenvalue weighted by atomic mass is 10.2. The van der Waals surface area contributed by atoms with Crippen molar-refractivity contribution >= 4 is 28.3 Å². The number of nitrogens with zero attached hydrogens (tertiary/aromatic N) is 4. The van der Waals surface area contributed by atoms with Crippen molar-refractivity contribution < 1.29 is 9.53 Å². The predicted octanol–water partition coefficient (Wildman–Crippen LogP) is 2.11. The Morgan fingerprint density at radius 1 is 1.00 bits per heavy atom. The molecule has 4 rings (SSSR count). The molecule has 1 aromatic heterocycles. The van der Waals surface area contributed by atoms with Crippen LogP contribution in [0.4, 0.5) is 11.4 Å². The number of morpholine rings is 1. The summed E-state index contributed by atoms with van der Waals surface area (Å²) in [6.07, 6.45) is 0. The molecule has 2 heterocycles. The SMILES string of the molecule is O=C(Nc1ccccc1)c1nnc2ccc(N3CCOCC3)cc2n1. The normalized spacial score (nSPS) is 14.5. The summed E-state index contributed by atoms with van der Waals surface area (Å²) in [5.74, 6) is -0.326. The summed E-state index contributed by atoms with van der Waals surface area (Å²) in [6.45, 7) is 3.10. The lowest BCUT2D eigenvalue weighted by molar-refractivity contribution is 0.101. The van der Waals surface area contributed by atoms with Crippen LogP contribution in [0, 0.1) is 0 Å². The van der Waals surface area contributed by atoms with Crippen LogP contribution in [-0.2, 0) is 4.74 Å². The number of aromatic nitrogens is 3. The number of benzene rings is 2. The van der Waals surface area contributed by atoms with Crippen LogP contribution in [0.3, 0.4) is 0 Å². The van der Waals surface area contributed by atoms with E-state index in [1.54, 1.807) is 0 Å². The van der Waals surface area contributed by atoms with Gasteiger partial charge in [-0.1, -0.05) is 18.2 Å². The Morgan fingerprint density at radius 2 is 1.80 bits per heavy atom. The Morgan fingerprint density at radius 3 is 2.60 bits per heavy atom. The van der Waals surface area contributed by atoms with Crippen molar-refractivity contribution in [3.05, 3.63) is 54.4 Å². The third-order valence-electron chi connectivity index (χ3n) is 4.05. The van der Waals surface area contributed by atoms with Crippen LogP contribution < -0.4 is 10.2 Å². The number of nitrogens with one attached hydrogen (secondary N) is 1. The van der Waals surface area contributed by atoms with Gasteiger partial charge in [-0.05, 0) is 30.3 Å². The molecule has 0 saturated carbocycles. The van der Waals surface area contributed by atoms with E-state index in [1.165, 1.54) is 0 Å². The molecule has 0 radical (unpaired) electrons. The Labute approximate surface area is 144 Å². The molecule has 1 fully saturated rings. The molecular formula is C18H17N5O2. The van der Waals surface area contributed by atoms with Gasteiger partial charge in [0.05, 0.1) is 18.7 Å². The van der Waals surface area contributed by atoms with Gasteiger partial charge in [0, 0.05) is 24.5 Å². The van der Waals surface area contributed by atoms with Gasteiger partial charge in [0.2, 0.25) is 5.82 Å².